The number of nitrogen functional groups attached to an aromatic ring is 1. The molecule has 3 aliphatic heterocycles. The van der Waals surface area contributed by atoms with Crippen LogP contribution < -0.4 is 20.9 Å². The number of halogens is 1. The molecule has 0 radical (unpaired) electrons. The van der Waals surface area contributed by atoms with Gasteiger partial charge < -0.3 is 36.0 Å². The number of amides is 2. The van der Waals surface area contributed by atoms with Gasteiger partial charge in [0, 0.05) is 36.2 Å². The molecule has 0 aromatic carbocycles. The maximum Gasteiger partial charge on any atom is 0.352 e. The Morgan fingerprint density at radius 1 is 1.35 bits per heavy atom. The fourth-order valence-corrected chi connectivity index (χ4v) is 7.98. The van der Waals surface area contributed by atoms with Crippen molar-refractivity contribution >= 4 is 80.3 Å². The number of carbonyl (C=O) groups is 4. The molecule has 0 spiro atoms. The Morgan fingerprint density at radius 3 is 2.83 bits per heavy atom. The van der Waals surface area contributed by atoms with Gasteiger partial charge in [0.2, 0.25) is 11.6 Å². The lowest BCUT2D eigenvalue weighted by Gasteiger charge is -2.49. The third-order valence-corrected chi connectivity index (χ3v) is 10.4. The summed E-state index contributed by atoms with van der Waals surface area (Å²) in [7, 11) is 0. The Bertz CT molecular complexity index is 1800. The second-order valence-electron chi connectivity index (χ2n) is 11.1. The molecule has 3 aliphatic rings. The van der Waals surface area contributed by atoms with Gasteiger partial charge in [-0.05, 0) is 38.4 Å². The van der Waals surface area contributed by atoms with E-state index < -0.39 is 47.0 Å². The number of oxime groups is 1. The van der Waals surface area contributed by atoms with Gasteiger partial charge in [0.25, 0.3) is 11.8 Å². The molecule has 6 heterocycles. The number of β-lactam (4-membered cyclic amide) rings is 1. The number of hydrogen-bond acceptors (Lipinski definition) is 11. The summed E-state index contributed by atoms with van der Waals surface area (Å²) in [4.78, 5) is 60.6. The Morgan fingerprint density at radius 2 is 2.15 bits per heavy atom. The summed E-state index contributed by atoms with van der Waals surface area (Å²) < 4.78 is 4.20. The quantitative estimate of drug-likeness (QED) is 0.0826. The first-order valence-corrected chi connectivity index (χ1v) is 16.6. The molecule has 6 rings (SSSR count). The summed E-state index contributed by atoms with van der Waals surface area (Å²) >= 11 is 8.37. The topological polar surface area (TPSA) is 205 Å². The van der Waals surface area contributed by atoms with Gasteiger partial charge in [-0.1, -0.05) is 28.1 Å². The van der Waals surface area contributed by atoms with Gasteiger partial charge >= 0.3 is 11.9 Å². The van der Waals surface area contributed by atoms with E-state index in [0.29, 0.717) is 17.2 Å². The second kappa shape index (κ2) is 12.9. The highest BCUT2D eigenvalue weighted by Gasteiger charge is 2.55. The van der Waals surface area contributed by atoms with E-state index in [0.717, 1.165) is 48.4 Å². The highest BCUT2D eigenvalue weighted by atomic mass is 35.5. The largest absolute Gasteiger partial charge is 0.478 e. The van der Waals surface area contributed by atoms with E-state index in [-0.39, 0.29) is 27.4 Å². The smallest absolute Gasteiger partial charge is 0.352 e. The number of nitrogens with zero attached hydrogens (tertiary/aromatic N) is 5. The summed E-state index contributed by atoms with van der Waals surface area (Å²) in [6.07, 6.45) is 3.64. The average Bonchev–Trinajstić information content (AvgIpc) is 3.77. The van der Waals surface area contributed by atoms with Crippen molar-refractivity contribution in [1.29, 1.82) is 0 Å². The van der Waals surface area contributed by atoms with E-state index in [2.05, 4.69) is 25.3 Å². The highest BCUT2D eigenvalue weighted by molar-refractivity contribution is 8.00. The molecule has 2 saturated heterocycles. The summed E-state index contributed by atoms with van der Waals surface area (Å²) in [5.41, 5.74) is 7.52. The van der Waals surface area contributed by atoms with E-state index in [9.17, 15) is 24.3 Å². The summed E-state index contributed by atoms with van der Waals surface area (Å²) in [5.74, 6) is -3.27. The lowest BCUT2D eigenvalue weighted by Crippen LogP contribution is -2.71. The van der Waals surface area contributed by atoms with Gasteiger partial charge in [-0.2, -0.15) is 4.57 Å². The van der Waals surface area contributed by atoms with Crippen molar-refractivity contribution < 1.29 is 38.8 Å². The van der Waals surface area contributed by atoms with Crippen molar-refractivity contribution in [3.8, 4) is 0 Å². The predicted molar refractivity (Wildman–Crippen MR) is 169 cm³/mol. The first-order valence-electron chi connectivity index (χ1n) is 14.3. The van der Waals surface area contributed by atoms with Crippen molar-refractivity contribution in [3.63, 3.8) is 0 Å². The SMILES string of the molecule is C[C@H](O/N=C(\C(=O)N[C@@H]1C(=O)N2C(C(=O)O)=C(C[n+]3cccc4c3ccn4C[C@H]3CCNC3)CS[C@H]12)c1nc(N)sc1Cl)C(=O)O. The van der Waals surface area contributed by atoms with Crippen LogP contribution in [0.25, 0.3) is 11.0 Å². The standard InChI is InChI=1S/C28H29ClN8O7S2/c1-13(26(40)41)44-34-19(18-22(29)46-28(30)33-18)23(38)32-20-24(39)37-21(27(42)43)15(12-45-25(20)37)11-35-7-2-3-16-17(35)5-8-36(16)10-14-4-6-31-9-14/h2-3,5,7-8,13-14,20,25,31H,4,6,9-12H2,1H3,(H4-,30,32,33,38,40,41,42,43)/p+1/b34-19-/t13-,14-,20+,25+/m0/s1. The molecule has 0 saturated carbocycles. The van der Waals surface area contributed by atoms with Crippen LogP contribution >= 0.6 is 34.7 Å². The summed E-state index contributed by atoms with van der Waals surface area (Å²) in [6, 6.07) is 4.88. The van der Waals surface area contributed by atoms with Crippen LogP contribution in [0.4, 0.5) is 5.13 Å². The zero-order chi connectivity index (χ0) is 32.7. The van der Waals surface area contributed by atoms with Crippen LogP contribution in [0.2, 0.25) is 4.34 Å². The predicted octanol–water partition coefficient (Wildman–Crippen LogP) is 0.863. The van der Waals surface area contributed by atoms with Crippen molar-refractivity contribution in [2.75, 3.05) is 24.6 Å². The Balaban J connectivity index is 1.22. The lowest BCUT2D eigenvalue weighted by molar-refractivity contribution is -0.663. The average molecular weight is 690 g/mol. The van der Waals surface area contributed by atoms with Crippen molar-refractivity contribution in [3.05, 3.63) is 51.9 Å². The summed E-state index contributed by atoms with van der Waals surface area (Å²) in [5, 5.41) is 28.3. The number of fused-ring (bicyclic) bond motifs is 2. The van der Waals surface area contributed by atoms with E-state index in [1.165, 1.54) is 23.6 Å². The molecule has 0 bridgehead atoms. The van der Waals surface area contributed by atoms with Gasteiger partial charge in [0.15, 0.2) is 23.6 Å². The molecule has 0 unspecified atom stereocenters. The number of nitrogens with two attached hydrogens (primary N) is 1. The molecule has 6 N–H and O–H groups in total. The fourth-order valence-electron chi connectivity index (χ4n) is 5.71. The molecule has 4 atom stereocenters. The number of thioether (sulfide) groups is 1. The number of carbonyl (C=O) groups excluding carboxylic acids is 2. The van der Waals surface area contributed by atoms with Crippen molar-refractivity contribution in [2.24, 2.45) is 11.1 Å². The third-order valence-electron chi connectivity index (χ3n) is 8.02. The van der Waals surface area contributed by atoms with Crippen molar-refractivity contribution in [2.45, 2.75) is 44.0 Å². The normalized spacial score (nSPS) is 22.0. The van der Waals surface area contributed by atoms with Gasteiger partial charge in [0.05, 0.1) is 0 Å². The zero-order valence-corrected chi connectivity index (χ0v) is 26.8. The van der Waals surface area contributed by atoms with Crippen LogP contribution in [-0.4, -0.2) is 90.5 Å². The van der Waals surface area contributed by atoms with Crippen molar-refractivity contribution in [1.82, 2.24) is 25.1 Å². The van der Waals surface area contributed by atoms with Gasteiger partial charge in [-0.3, -0.25) is 14.5 Å². The van der Waals surface area contributed by atoms with E-state index >= 15 is 0 Å². The monoisotopic (exact) mass is 689 g/mol. The molecular weight excluding hydrogens is 660 g/mol. The molecule has 242 valence electrons. The van der Waals surface area contributed by atoms with Gasteiger partial charge in [-0.25, -0.2) is 14.6 Å². The number of carboxylic acids is 2. The number of anilines is 1. The van der Waals surface area contributed by atoms with Crippen LogP contribution in [0.1, 0.15) is 19.0 Å². The molecule has 3 aromatic heterocycles. The molecular formula is C28H30ClN8O7S2+. The number of rotatable bonds is 11. The number of aliphatic carboxylic acids is 2. The van der Waals surface area contributed by atoms with Gasteiger partial charge in [-0.15, -0.1) is 11.8 Å². The summed E-state index contributed by atoms with van der Waals surface area (Å²) in [6.45, 7) is 4.34. The van der Waals surface area contributed by atoms with E-state index in [4.69, 9.17) is 27.3 Å². The Kier molecular flexibility index (Phi) is 8.91. The first-order chi connectivity index (χ1) is 22.0. The Labute approximate surface area is 275 Å². The third kappa shape index (κ3) is 6.02. The molecule has 3 aromatic rings. The number of aromatic nitrogens is 3. The number of pyridine rings is 1. The van der Waals surface area contributed by atoms with Crippen LogP contribution in [0, 0.1) is 5.92 Å². The maximum atomic E-state index is 13.4. The number of hydrogen-bond donors (Lipinski definition) is 5. The molecule has 15 nitrogen and oxygen atoms in total. The van der Waals surface area contributed by atoms with Crippen LogP contribution in [0.15, 0.2) is 47.0 Å². The lowest BCUT2D eigenvalue weighted by atomic mass is 10.0. The minimum absolute atomic E-state index is 0.00530. The maximum absolute atomic E-state index is 13.4. The van der Waals surface area contributed by atoms with E-state index in [1.807, 2.05) is 35.2 Å². The number of nitrogens with one attached hydrogen (secondary N) is 2. The molecule has 46 heavy (non-hydrogen) atoms. The number of thiazole rings is 1. The number of carboxylic acid groups (broad SMARTS) is 2. The van der Waals surface area contributed by atoms with Crippen LogP contribution in [-0.2, 0) is 37.1 Å². The molecule has 2 fully saturated rings. The van der Waals surface area contributed by atoms with E-state index in [1.54, 1.807) is 0 Å². The Hall–Kier alpha value is -4.19. The molecule has 2 amide bonds. The van der Waals surface area contributed by atoms with Gasteiger partial charge in [0.1, 0.15) is 32.7 Å². The minimum Gasteiger partial charge on any atom is -0.478 e. The van der Waals surface area contributed by atoms with Crippen LogP contribution in [0.5, 0.6) is 0 Å². The molecule has 18 heteroatoms. The van der Waals surface area contributed by atoms with Crippen LogP contribution in [0.3, 0.4) is 0 Å². The fraction of sp³-hybridized carbons (Fsp3) is 0.393. The minimum atomic E-state index is -1.40. The zero-order valence-electron chi connectivity index (χ0n) is 24.4. The second-order valence-corrected chi connectivity index (χ2v) is 13.8. The first kappa shape index (κ1) is 31.8. The highest BCUT2D eigenvalue weighted by Crippen LogP contribution is 2.40. The molecule has 0 aliphatic carbocycles.